The van der Waals surface area contributed by atoms with Crippen molar-refractivity contribution in [2.45, 2.75) is 32.1 Å². The van der Waals surface area contributed by atoms with Crippen molar-refractivity contribution in [3.05, 3.63) is 47.5 Å². The maximum atomic E-state index is 14.0. The topological polar surface area (TPSA) is 126 Å². The molecule has 15 heteroatoms. The molecule has 35 heavy (non-hydrogen) atoms. The lowest BCUT2D eigenvalue weighted by Crippen LogP contribution is -2.40. The molecule has 0 aliphatic rings. The fourth-order valence-corrected chi connectivity index (χ4v) is 4.31. The summed E-state index contributed by atoms with van der Waals surface area (Å²) in [6.45, 7) is 2.77. The number of fused-ring (bicyclic) bond motifs is 1. The van der Waals surface area contributed by atoms with Gasteiger partial charge in [0.2, 0.25) is 5.95 Å². The number of amides is 2. The molecule has 3 N–H and O–H groups in total. The molecule has 0 fully saturated rings. The number of anilines is 2. The highest BCUT2D eigenvalue weighted by Crippen LogP contribution is 2.39. The van der Waals surface area contributed by atoms with Gasteiger partial charge in [-0.1, -0.05) is 0 Å². The Kier molecular flexibility index (Phi) is 7.19. The van der Waals surface area contributed by atoms with Gasteiger partial charge in [-0.15, -0.1) is 0 Å². The number of halogens is 5. The Labute approximate surface area is 196 Å². The van der Waals surface area contributed by atoms with E-state index in [2.05, 4.69) is 20.6 Å². The van der Waals surface area contributed by atoms with E-state index in [9.17, 15) is 35.2 Å². The second-order valence-corrected chi connectivity index (χ2v) is 10.0. The van der Waals surface area contributed by atoms with Crippen LogP contribution in [0.25, 0.3) is 11.0 Å². The predicted octanol–water partition coefficient (Wildman–Crippen LogP) is 4.08. The van der Waals surface area contributed by atoms with Gasteiger partial charge in [0.15, 0.2) is 17.4 Å². The van der Waals surface area contributed by atoms with E-state index >= 15 is 0 Å². The second kappa shape index (κ2) is 9.64. The summed E-state index contributed by atoms with van der Waals surface area (Å²) in [6, 6.07) is -3.19. The number of aryl methyl sites for hydroxylation is 1. The molecule has 0 saturated heterocycles. The molecular formula is C20H20F5N5O4S. The van der Waals surface area contributed by atoms with E-state index in [1.165, 1.54) is 6.92 Å². The molecule has 9 nitrogen and oxygen atoms in total. The number of urea groups is 1. The predicted molar refractivity (Wildman–Crippen MR) is 117 cm³/mol. The molecule has 2 aromatic heterocycles. The Morgan fingerprint density at radius 1 is 1.17 bits per heavy atom. The van der Waals surface area contributed by atoms with E-state index in [1.807, 2.05) is 0 Å². The van der Waals surface area contributed by atoms with Crippen LogP contribution in [0.5, 0.6) is 0 Å². The quantitative estimate of drug-likeness (QED) is 0.400. The fourth-order valence-electron chi connectivity index (χ4n) is 3.31. The highest BCUT2D eigenvalue weighted by Gasteiger charge is 2.45. The highest BCUT2D eigenvalue weighted by atomic mass is 32.2. The molecule has 2 amide bonds. The van der Waals surface area contributed by atoms with Crippen molar-refractivity contribution < 1.29 is 39.6 Å². The van der Waals surface area contributed by atoms with E-state index in [-0.39, 0.29) is 28.3 Å². The Hall–Kier alpha value is -3.49. The summed E-state index contributed by atoms with van der Waals surface area (Å²) < 4.78 is 96.4. The fraction of sp³-hybridized carbons (Fsp3) is 0.350. The van der Waals surface area contributed by atoms with Gasteiger partial charge in [-0.2, -0.15) is 13.2 Å². The standard InChI is InChI=1S/C20H20F5N5O4S/c1-9(8-35(3,32)33)28-18-26-6-12(7-27-18)29-19(31)30-17(20(23,24)25)15-10(2)13-4-11(21)5-14(22)16(13)34-15/h4-7,9,17H,8H2,1-3H3,(H,26,27,28)(H2,29,30,31)/t9-,17?/m0/s1. The monoisotopic (exact) mass is 521 g/mol. The van der Waals surface area contributed by atoms with Gasteiger partial charge in [-0.05, 0) is 19.9 Å². The number of furan rings is 1. The zero-order valence-electron chi connectivity index (χ0n) is 18.5. The normalized spacial score (nSPS) is 13.9. The molecule has 0 spiro atoms. The number of nitrogens with one attached hydrogen (secondary N) is 3. The van der Waals surface area contributed by atoms with Crippen molar-refractivity contribution in [1.82, 2.24) is 15.3 Å². The average molecular weight is 521 g/mol. The Morgan fingerprint density at radius 3 is 2.37 bits per heavy atom. The number of carbonyl (C=O) groups excluding carboxylic acids is 1. The second-order valence-electron chi connectivity index (χ2n) is 7.86. The molecule has 0 saturated carbocycles. The summed E-state index contributed by atoms with van der Waals surface area (Å²) in [6.07, 6.45) is -1.79. The Morgan fingerprint density at radius 2 is 1.80 bits per heavy atom. The van der Waals surface area contributed by atoms with E-state index in [1.54, 1.807) is 12.2 Å². The van der Waals surface area contributed by atoms with Crippen molar-refractivity contribution in [2.75, 3.05) is 22.6 Å². The number of carbonyl (C=O) groups is 1. The number of hydrogen-bond donors (Lipinski definition) is 3. The molecule has 2 heterocycles. The van der Waals surface area contributed by atoms with Crippen LogP contribution in [0.1, 0.15) is 24.3 Å². The molecule has 3 aromatic rings. The molecule has 190 valence electrons. The minimum Gasteiger partial charge on any atom is -0.455 e. The highest BCUT2D eigenvalue weighted by molar-refractivity contribution is 7.90. The minimum absolute atomic E-state index is 0.0347. The number of rotatable bonds is 7. The molecule has 1 unspecified atom stereocenters. The summed E-state index contributed by atoms with van der Waals surface area (Å²) in [4.78, 5) is 20.0. The maximum Gasteiger partial charge on any atom is 0.416 e. The van der Waals surface area contributed by atoms with Crippen molar-refractivity contribution in [1.29, 1.82) is 0 Å². The number of alkyl halides is 3. The number of benzene rings is 1. The van der Waals surface area contributed by atoms with Crippen LogP contribution in [-0.4, -0.2) is 48.6 Å². The molecule has 0 bridgehead atoms. The molecule has 0 aliphatic carbocycles. The molecule has 3 rings (SSSR count). The average Bonchev–Trinajstić information content (AvgIpc) is 3.02. The van der Waals surface area contributed by atoms with Gasteiger partial charge >= 0.3 is 12.2 Å². The largest absolute Gasteiger partial charge is 0.455 e. The summed E-state index contributed by atoms with van der Waals surface area (Å²) in [5.41, 5.74) is -0.834. The third kappa shape index (κ3) is 6.55. The molecule has 1 aromatic carbocycles. The smallest absolute Gasteiger partial charge is 0.416 e. The van der Waals surface area contributed by atoms with Gasteiger partial charge in [0.05, 0.1) is 23.8 Å². The Balaban J connectivity index is 1.75. The van der Waals surface area contributed by atoms with Crippen molar-refractivity contribution >= 4 is 38.5 Å². The number of aromatic nitrogens is 2. The van der Waals surface area contributed by atoms with Crippen LogP contribution in [0.15, 0.2) is 28.9 Å². The lowest BCUT2D eigenvalue weighted by atomic mass is 10.1. The van der Waals surface area contributed by atoms with Crippen LogP contribution in [-0.2, 0) is 9.84 Å². The number of sulfone groups is 1. The van der Waals surface area contributed by atoms with E-state index in [0.717, 1.165) is 24.7 Å². The zero-order chi connectivity index (χ0) is 26.1. The van der Waals surface area contributed by atoms with Gasteiger partial charge in [-0.3, -0.25) is 0 Å². The van der Waals surface area contributed by atoms with Gasteiger partial charge in [0.1, 0.15) is 21.4 Å². The third-order valence-corrected chi connectivity index (χ3v) is 5.80. The van der Waals surface area contributed by atoms with Crippen LogP contribution in [0.4, 0.5) is 38.4 Å². The van der Waals surface area contributed by atoms with E-state index in [0.29, 0.717) is 6.07 Å². The summed E-state index contributed by atoms with van der Waals surface area (Å²) in [7, 11) is -3.25. The Bertz CT molecular complexity index is 1340. The molecular weight excluding hydrogens is 501 g/mol. The van der Waals surface area contributed by atoms with E-state index < -0.39 is 57.1 Å². The first-order valence-electron chi connectivity index (χ1n) is 9.92. The zero-order valence-corrected chi connectivity index (χ0v) is 19.3. The molecule has 0 radical (unpaired) electrons. The van der Waals surface area contributed by atoms with Crippen LogP contribution in [0.2, 0.25) is 0 Å². The van der Waals surface area contributed by atoms with Gasteiger partial charge in [0.25, 0.3) is 0 Å². The van der Waals surface area contributed by atoms with Gasteiger partial charge in [-0.25, -0.2) is 32.0 Å². The van der Waals surface area contributed by atoms with Crippen molar-refractivity contribution in [3.8, 4) is 0 Å². The maximum absolute atomic E-state index is 14.0. The molecule has 2 atom stereocenters. The lowest BCUT2D eigenvalue weighted by Gasteiger charge is -2.20. The van der Waals surface area contributed by atoms with E-state index in [4.69, 9.17) is 4.42 Å². The first-order valence-corrected chi connectivity index (χ1v) is 12.0. The minimum atomic E-state index is -5.04. The summed E-state index contributed by atoms with van der Waals surface area (Å²) in [5, 5.41) is 6.37. The summed E-state index contributed by atoms with van der Waals surface area (Å²) >= 11 is 0. The van der Waals surface area contributed by atoms with Crippen molar-refractivity contribution in [3.63, 3.8) is 0 Å². The van der Waals surface area contributed by atoms with Crippen LogP contribution in [0.3, 0.4) is 0 Å². The lowest BCUT2D eigenvalue weighted by molar-refractivity contribution is -0.158. The third-order valence-electron chi connectivity index (χ3n) is 4.70. The molecule has 0 aliphatic heterocycles. The van der Waals surface area contributed by atoms with Gasteiger partial charge < -0.3 is 20.4 Å². The van der Waals surface area contributed by atoms with Crippen molar-refractivity contribution in [2.24, 2.45) is 0 Å². The SMILES string of the molecule is Cc1c(C(NC(=O)Nc2cnc(N[C@@H](C)CS(C)(=O)=O)nc2)C(F)(F)F)oc2c(F)cc(F)cc12. The summed E-state index contributed by atoms with van der Waals surface area (Å²) in [5.74, 6) is -3.13. The van der Waals surface area contributed by atoms with Crippen LogP contribution < -0.4 is 16.0 Å². The first-order chi connectivity index (χ1) is 16.1. The first kappa shape index (κ1) is 26.1. The number of hydrogen-bond acceptors (Lipinski definition) is 7. The van der Waals surface area contributed by atoms with Crippen LogP contribution in [0, 0.1) is 18.6 Å². The van der Waals surface area contributed by atoms with Gasteiger partial charge in [0, 0.05) is 29.3 Å². The number of nitrogens with zero attached hydrogens (tertiary/aromatic N) is 2. The van der Waals surface area contributed by atoms with Crippen LogP contribution >= 0.6 is 0 Å².